The number of rotatable bonds is 5. The lowest BCUT2D eigenvalue weighted by Crippen LogP contribution is -2.49. The van der Waals surface area contributed by atoms with Crippen LogP contribution in [0.1, 0.15) is 66.7 Å². The molecule has 0 aromatic rings. The number of fused-ring (bicyclic) bond motifs is 1. The molecule has 3 rings (SSSR count). The van der Waals surface area contributed by atoms with Crippen molar-refractivity contribution in [3.05, 3.63) is 11.1 Å². The average Bonchev–Trinajstić information content (AvgIpc) is 2.64. The second-order valence-electron chi connectivity index (χ2n) is 8.49. The molecule has 0 aromatic carbocycles. The lowest BCUT2D eigenvalue weighted by atomic mass is 9.59. The summed E-state index contributed by atoms with van der Waals surface area (Å²) in [7, 11) is 0. The summed E-state index contributed by atoms with van der Waals surface area (Å²) in [5.74, 6) is 1.01. The Morgan fingerprint density at radius 2 is 2.00 bits per heavy atom. The number of ether oxygens (including phenoxy) is 1. The number of piperazine rings is 1. The maximum atomic E-state index is 11.3. The van der Waals surface area contributed by atoms with Gasteiger partial charge >= 0.3 is 0 Å². The maximum absolute atomic E-state index is 11.3. The maximum Gasteiger partial charge on any atom is 0.293 e. The van der Waals surface area contributed by atoms with Gasteiger partial charge in [0.1, 0.15) is 6.10 Å². The predicted molar refractivity (Wildman–Crippen MR) is 108 cm³/mol. The highest BCUT2D eigenvalue weighted by Gasteiger charge is 2.47. The lowest BCUT2D eigenvalue weighted by Gasteiger charge is -2.49. The van der Waals surface area contributed by atoms with Gasteiger partial charge in [0.15, 0.2) is 0 Å². The predicted octanol–water partition coefficient (Wildman–Crippen LogP) is 4.01. The van der Waals surface area contributed by atoms with Gasteiger partial charge in [-0.1, -0.05) is 33.3 Å². The molecule has 0 bridgehead atoms. The summed E-state index contributed by atoms with van der Waals surface area (Å²) in [6.45, 7) is 17.3. The van der Waals surface area contributed by atoms with Crippen LogP contribution in [0.2, 0.25) is 0 Å². The zero-order valence-corrected chi connectivity index (χ0v) is 17.6. The van der Waals surface area contributed by atoms with Crippen molar-refractivity contribution in [2.75, 3.05) is 32.7 Å². The fourth-order valence-electron chi connectivity index (χ4n) is 5.47. The van der Waals surface area contributed by atoms with E-state index in [1.165, 1.54) is 43.3 Å². The molecule has 2 fully saturated rings. The second kappa shape index (κ2) is 9.89. The number of allylic oxidation sites excluding steroid dienone is 1. The minimum atomic E-state index is -0.000495. The van der Waals surface area contributed by atoms with Gasteiger partial charge in [-0.2, -0.15) is 0 Å². The molecule has 1 saturated carbocycles. The molecule has 3 aliphatic rings. The summed E-state index contributed by atoms with van der Waals surface area (Å²) in [6, 6.07) is 0. The van der Waals surface area contributed by atoms with E-state index in [0.29, 0.717) is 18.3 Å². The van der Waals surface area contributed by atoms with Crippen molar-refractivity contribution in [3.8, 4) is 0 Å². The molecule has 4 nitrogen and oxygen atoms in total. The molecule has 0 spiro atoms. The third-order valence-corrected chi connectivity index (χ3v) is 6.78. The summed E-state index contributed by atoms with van der Waals surface area (Å²) < 4.78 is 5.74. The SMILES string of the molecule is CC.CC1=C2C(OC=O)C(C(C)CN3CCNCC3)CCC2(C)CCC1. The average molecular weight is 365 g/mol. The minimum Gasteiger partial charge on any atom is -0.460 e. The van der Waals surface area contributed by atoms with Crippen LogP contribution in [0.25, 0.3) is 0 Å². The largest absolute Gasteiger partial charge is 0.460 e. The Morgan fingerprint density at radius 3 is 2.65 bits per heavy atom. The van der Waals surface area contributed by atoms with Crippen molar-refractivity contribution >= 4 is 6.47 Å². The molecule has 0 amide bonds. The number of nitrogens with zero attached hydrogens (tertiary/aromatic N) is 1. The molecule has 26 heavy (non-hydrogen) atoms. The van der Waals surface area contributed by atoms with E-state index < -0.39 is 0 Å². The topological polar surface area (TPSA) is 41.6 Å². The summed E-state index contributed by atoms with van der Waals surface area (Å²) in [4.78, 5) is 13.8. The molecule has 4 atom stereocenters. The zero-order chi connectivity index (χ0) is 19.2. The molecule has 1 saturated heterocycles. The van der Waals surface area contributed by atoms with E-state index in [2.05, 4.69) is 31.0 Å². The van der Waals surface area contributed by atoms with Crippen LogP contribution in [0.3, 0.4) is 0 Å². The highest BCUT2D eigenvalue weighted by atomic mass is 16.5. The van der Waals surface area contributed by atoms with Crippen molar-refractivity contribution in [1.82, 2.24) is 10.2 Å². The van der Waals surface area contributed by atoms with E-state index >= 15 is 0 Å². The molecule has 4 heteroatoms. The Balaban J connectivity index is 0.00000117. The summed E-state index contributed by atoms with van der Waals surface area (Å²) >= 11 is 0. The van der Waals surface area contributed by atoms with E-state index in [4.69, 9.17) is 4.74 Å². The first-order valence-electron chi connectivity index (χ1n) is 10.8. The van der Waals surface area contributed by atoms with Crippen molar-refractivity contribution in [2.45, 2.75) is 72.8 Å². The van der Waals surface area contributed by atoms with Gasteiger partial charge in [-0.05, 0) is 55.9 Å². The second-order valence-corrected chi connectivity index (χ2v) is 8.49. The Bertz CT molecular complexity index is 485. The van der Waals surface area contributed by atoms with Crippen molar-refractivity contribution in [3.63, 3.8) is 0 Å². The van der Waals surface area contributed by atoms with Gasteiger partial charge < -0.3 is 15.0 Å². The Labute approximate surface area is 160 Å². The molecule has 4 unspecified atom stereocenters. The normalized spacial score (nSPS) is 33.6. The van der Waals surface area contributed by atoms with Gasteiger partial charge in [0, 0.05) is 38.6 Å². The first kappa shape index (κ1) is 21.4. The molecule has 0 radical (unpaired) electrons. The fourth-order valence-corrected chi connectivity index (χ4v) is 5.47. The van der Waals surface area contributed by atoms with E-state index in [1.54, 1.807) is 0 Å². The van der Waals surface area contributed by atoms with Gasteiger partial charge in [0.05, 0.1) is 0 Å². The van der Waals surface area contributed by atoms with Gasteiger partial charge in [-0.25, -0.2) is 0 Å². The highest BCUT2D eigenvalue weighted by Crippen LogP contribution is 2.53. The van der Waals surface area contributed by atoms with E-state index in [1.807, 2.05) is 13.8 Å². The van der Waals surface area contributed by atoms with Crippen LogP contribution in [-0.4, -0.2) is 50.2 Å². The van der Waals surface area contributed by atoms with Crippen molar-refractivity contribution in [2.24, 2.45) is 17.3 Å². The van der Waals surface area contributed by atoms with Crippen LogP contribution in [0.5, 0.6) is 0 Å². The molecule has 2 aliphatic carbocycles. The highest BCUT2D eigenvalue weighted by molar-refractivity contribution is 5.41. The van der Waals surface area contributed by atoms with Gasteiger partial charge in [0.2, 0.25) is 0 Å². The van der Waals surface area contributed by atoms with Crippen LogP contribution >= 0.6 is 0 Å². The zero-order valence-electron chi connectivity index (χ0n) is 17.6. The quantitative estimate of drug-likeness (QED) is 0.591. The van der Waals surface area contributed by atoms with Crippen LogP contribution in [0.4, 0.5) is 0 Å². The van der Waals surface area contributed by atoms with Crippen molar-refractivity contribution < 1.29 is 9.53 Å². The van der Waals surface area contributed by atoms with E-state index in [0.717, 1.165) is 32.7 Å². The first-order chi connectivity index (χ1) is 12.5. The Hall–Kier alpha value is -0.870. The van der Waals surface area contributed by atoms with Gasteiger partial charge in [0.25, 0.3) is 6.47 Å². The van der Waals surface area contributed by atoms with Crippen LogP contribution in [0, 0.1) is 17.3 Å². The first-order valence-corrected chi connectivity index (χ1v) is 10.8. The monoisotopic (exact) mass is 364 g/mol. The molecule has 1 aliphatic heterocycles. The minimum absolute atomic E-state index is 0.000495. The molecule has 0 aromatic heterocycles. The van der Waals surface area contributed by atoms with Crippen LogP contribution in [0.15, 0.2) is 11.1 Å². The van der Waals surface area contributed by atoms with Crippen molar-refractivity contribution in [1.29, 1.82) is 0 Å². The molecular weight excluding hydrogens is 324 g/mol. The standard InChI is InChI=1S/C20H34N2O2.C2H6/c1-15-5-4-7-20(3)8-6-17(19(18(15)20)24-14-23)16(2)13-22-11-9-21-10-12-22;1-2/h14,16-17,19,21H,4-13H2,1-3H3;1-2H3. The summed E-state index contributed by atoms with van der Waals surface area (Å²) in [6.07, 6.45) is 6.12. The Kier molecular flexibility index (Phi) is 8.15. The lowest BCUT2D eigenvalue weighted by molar-refractivity contribution is -0.137. The van der Waals surface area contributed by atoms with Gasteiger partial charge in [-0.15, -0.1) is 0 Å². The van der Waals surface area contributed by atoms with Crippen LogP contribution < -0.4 is 5.32 Å². The smallest absolute Gasteiger partial charge is 0.293 e. The molecule has 150 valence electrons. The van der Waals surface area contributed by atoms with Crippen LogP contribution in [-0.2, 0) is 9.53 Å². The number of carbonyl (C=O) groups is 1. The summed E-state index contributed by atoms with van der Waals surface area (Å²) in [5, 5.41) is 3.42. The number of hydrogen-bond donors (Lipinski definition) is 1. The van der Waals surface area contributed by atoms with Gasteiger partial charge in [-0.3, -0.25) is 4.79 Å². The Morgan fingerprint density at radius 1 is 1.31 bits per heavy atom. The number of nitrogens with one attached hydrogen (secondary N) is 1. The fraction of sp³-hybridized carbons (Fsp3) is 0.864. The molecule has 1 N–H and O–H groups in total. The number of hydrogen-bond acceptors (Lipinski definition) is 4. The third kappa shape index (κ3) is 4.69. The molecular formula is C22H40N2O2. The summed E-state index contributed by atoms with van der Waals surface area (Å²) in [5.41, 5.74) is 3.19. The van der Waals surface area contributed by atoms with E-state index in [9.17, 15) is 4.79 Å². The number of carbonyl (C=O) groups excluding carboxylic acids is 1. The third-order valence-electron chi connectivity index (χ3n) is 6.78. The van der Waals surface area contributed by atoms with E-state index in [-0.39, 0.29) is 11.5 Å². The molecule has 1 heterocycles.